The van der Waals surface area contributed by atoms with E-state index in [4.69, 9.17) is 9.47 Å². The smallest absolute Gasteiger partial charge is 0.748 e. The number of fused-ring (bicyclic) bond motifs is 1. The molecule has 2 rings (SSSR count). The first-order chi connectivity index (χ1) is 7.96. The molecule has 96 valence electrons. The van der Waals surface area contributed by atoms with Gasteiger partial charge in [0.25, 0.3) is 0 Å². The molecule has 0 saturated carbocycles. The molecule has 9 heteroatoms. The fourth-order valence-corrected chi connectivity index (χ4v) is 2.61. The molecule has 0 saturated heterocycles. The van der Waals surface area contributed by atoms with Crippen molar-refractivity contribution in [3.63, 3.8) is 0 Å². The normalized spacial score (nSPS) is 18.5. The Morgan fingerprint density at radius 2 is 2.17 bits per heavy atom. The van der Waals surface area contributed by atoms with Gasteiger partial charge < -0.3 is 14.0 Å². The van der Waals surface area contributed by atoms with E-state index in [0.717, 1.165) is 0 Å². The van der Waals surface area contributed by atoms with Crippen LogP contribution < -0.4 is 28.3 Å². The molecule has 1 aromatic rings. The molecular formula is C9H12LiNO5S2. The number of rotatable bonds is 4. The molecule has 1 atom stereocenters. The molecule has 1 aliphatic rings. The van der Waals surface area contributed by atoms with E-state index in [0.29, 0.717) is 18.1 Å². The van der Waals surface area contributed by atoms with E-state index in [1.54, 1.807) is 11.9 Å². The molecule has 2 heterocycles. The Balaban J connectivity index is 0.00000162. The number of nitrogens with zero attached hydrogens (tertiary/aromatic N) is 1. The maximum atomic E-state index is 10.5. The van der Waals surface area contributed by atoms with Gasteiger partial charge in [0.05, 0.1) is 15.9 Å². The first-order valence-corrected chi connectivity index (χ1v) is 7.47. The van der Waals surface area contributed by atoms with Crippen molar-refractivity contribution in [2.24, 2.45) is 0 Å². The molecule has 1 unspecified atom stereocenters. The number of ether oxygens (including phenoxy) is 2. The zero-order valence-corrected chi connectivity index (χ0v) is 11.8. The topological polar surface area (TPSA) is 78.9 Å². The van der Waals surface area contributed by atoms with Gasteiger partial charge in [-0.25, -0.2) is 8.42 Å². The summed E-state index contributed by atoms with van der Waals surface area (Å²) < 4.78 is 42.6. The van der Waals surface area contributed by atoms with E-state index in [-0.39, 0.29) is 31.6 Å². The van der Waals surface area contributed by atoms with Crippen molar-refractivity contribution >= 4 is 21.5 Å². The van der Waals surface area contributed by atoms with Crippen LogP contribution >= 0.6 is 11.3 Å². The second-order valence-electron chi connectivity index (χ2n) is 3.73. The largest absolute Gasteiger partial charge is 1.00 e. The monoisotopic (exact) mass is 285 g/mol. The molecule has 0 aromatic carbocycles. The summed E-state index contributed by atoms with van der Waals surface area (Å²) in [5.41, 5.74) is 0. The summed E-state index contributed by atoms with van der Waals surface area (Å²) in [6.07, 6.45) is -0.362. The fraction of sp³-hybridized carbons (Fsp3) is 0.556. The van der Waals surface area contributed by atoms with Crippen LogP contribution in [0.1, 0.15) is 0 Å². The predicted octanol–water partition coefficient (Wildman–Crippen LogP) is -2.67. The van der Waals surface area contributed by atoms with Crippen molar-refractivity contribution in [3.05, 3.63) is 10.8 Å². The Morgan fingerprint density at radius 1 is 1.50 bits per heavy atom. The van der Waals surface area contributed by atoms with E-state index >= 15 is 0 Å². The minimum Gasteiger partial charge on any atom is -0.748 e. The van der Waals surface area contributed by atoms with Gasteiger partial charge in [-0.3, -0.25) is 4.90 Å². The third-order valence-electron chi connectivity index (χ3n) is 2.42. The van der Waals surface area contributed by atoms with Crippen LogP contribution in [0.3, 0.4) is 0 Å². The van der Waals surface area contributed by atoms with Gasteiger partial charge in [-0.1, -0.05) is 0 Å². The number of hydrogen-bond acceptors (Lipinski definition) is 7. The van der Waals surface area contributed by atoms with E-state index in [2.05, 4.69) is 0 Å². The van der Waals surface area contributed by atoms with E-state index < -0.39 is 15.9 Å². The molecule has 0 fully saturated rings. The summed E-state index contributed by atoms with van der Waals surface area (Å²) in [5, 5.41) is 3.66. The van der Waals surface area contributed by atoms with Gasteiger partial charge in [0.15, 0.2) is 17.7 Å². The van der Waals surface area contributed by atoms with Crippen LogP contribution in [0.4, 0.5) is 0 Å². The van der Waals surface area contributed by atoms with Crippen LogP contribution in [0.15, 0.2) is 10.8 Å². The Labute approximate surface area is 122 Å². The van der Waals surface area contributed by atoms with Crippen LogP contribution in [0, 0.1) is 0 Å². The summed E-state index contributed by atoms with van der Waals surface area (Å²) in [6, 6.07) is 0. The maximum absolute atomic E-state index is 10.5. The van der Waals surface area contributed by atoms with Crippen molar-refractivity contribution < 1.29 is 41.3 Å². The van der Waals surface area contributed by atoms with E-state index in [1.165, 1.54) is 11.3 Å². The average Bonchev–Trinajstić information content (AvgIpc) is 2.71. The van der Waals surface area contributed by atoms with Gasteiger partial charge >= 0.3 is 18.9 Å². The van der Waals surface area contributed by atoms with Crippen molar-refractivity contribution in [2.45, 2.75) is 6.23 Å². The second-order valence-corrected chi connectivity index (χ2v) is 5.99. The molecule has 0 bridgehead atoms. The standard InChI is InChI=1S/C9H13NO5S2.Li/c1-10(2-3-17(11,12)13)9-4-14-7-5-16-6-8(7)15-9;/h5-6,9H,2-4H2,1H3,(H,11,12,13);/q;+1/p-1. The summed E-state index contributed by atoms with van der Waals surface area (Å²) >= 11 is 1.47. The molecule has 18 heavy (non-hydrogen) atoms. The fourth-order valence-electron chi connectivity index (χ4n) is 1.42. The second kappa shape index (κ2) is 6.28. The van der Waals surface area contributed by atoms with Gasteiger partial charge in [-0.2, -0.15) is 0 Å². The predicted molar refractivity (Wildman–Crippen MR) is 61.4 cm³/mol. The zero-order valence-electron chi connectivity index (χ0n) is 10.2. The summed E-state index contributed by atoms with van der Waals surface area (Å²) in [4.78, 5) is 1.65. The van der Waals surface area contributed by atoms with Gasteiger partial charge in [0.2, 0.25) is 0 Å². The molecule has 1 aliphatic heterocycles. The molecule has 0 amide bonds. The molecule has 0 N–H and O–H groups in total. The summed E-state index contributed by atoms with van der Waals surface area (Å²) in [7, 11) is -2.50. The molecule has 0 spiro atoms. The quantitative estimate of drug-likeness (QED) is 0.443. The van der Waals surface area contributed by atoms with Crippen LogP contribution in [0.2, 0.25) is 0 Å². The van der Waals surface area contributed by atoms with Crippen LogP contribution in [-0.2, 0) is 10.1 Å². The van der Waals surface area contributed by atoms with Crippen LogP contribution in [0.5, 0.6) is 11.5 Å². The molecule has 1 aromatic heterocycles. The molecule has 0 aliphatic carbocycles. The Kier molecular flexibility index (Phi) is 5.52. The SMILES string of the molecule is CN(CCS(=O)(=O)[O-])C1COc2cscc2O1.[Li+]. The van der Waals surface area contributed by atoms with Crippen molar-refractivity contribution in [3.8, 4) is 11.5 Å². The van der Waals surface area contributed by atoms with Gasteiger partial charge in [-0.05, 0) is 7.05 Å². The number of hydrogen-bond donors (Lipinski definition) is 0. The van der Waals surface area contributed by atoms with E-state index in [1.807, 2.05) is 10.8 Å². The van der Waals surface area contributed by atoms with Crippen LogP contribution in [-0.4, -0.2) is 50.1 Å². The van der Waals surface area contributed by atoms with E-state index in [9.17, 15) is 13.0 Å². The van der Waals surface area contributed by atoms with Gasteiger partial charge in [-0.15, -0.1) is 11.3 Å². The number of likely N-dealkylation sites (N-methyl/N-ethyl adjacent to an activating group) is 1. The summed E-state index contributed by atoms with van der Waals surface area (Å²) in [6.45, 7) is 0.443. The first kappa shape index (κ1) is 15.8. The van der Waals surface area contributed by atoms with Gasteiger partial charge in [0.1, 0.15) is 6.61 Å². The van der Waals surface area contributed by atoms with Crippen molar-refractivity contribution in [1.29, 1.82) is 0 Å². The Hall–Kier alpha value is -0.233. The minimum absolute atomic E-state index is 0. The zero-order chi connectivity index (χ0) is 12.5. The average molecular weight is 285 g/mol. The third-order valence-corrected chi connectivity index (χ3v) is 3.81. The van der Waals surface area contributed by atoms with Crippen molar-refractivity contribution in [2.75, 3.05) is 26.0 Å². The Morgan fingerprint density at radius 3 is 2.83 bits per heavy atom. The molecule has 6 nitrogen and oxygen atoms in total. The first-order valence-electron chi connectivity index (χ1n) is 4.95. The number of thiophene rings is 1. The minimum atomic E-state index is -4.19. The summed E-state index contributed by atoms with van der Waals surface area (Å²) in [5.74, 6) is 0.930. The van der Waals surface area contributed by atoms with Crippen molar-refractivity contribution in [1.82, 2.24) is 4.90 Å². The van der Waals surface area contributed by atoms with Gasteiger partial charge in [0, 0.05) is 17.3 Å². The molecular weight excluding hydrogens is 273 g/mol. The van der Waals surface area contributed by atoms with Crippen LogP contribution in [0.25, 0.3) is 0 Å². The maximum Gasteiger partial charge on any atom is 1.00 e. The molecule has 0 radical (unpaired) electrons. The Bertz CT molecular complexity index is 489. The third kappa shape index (κ3) is 4.15.